The van der Waals surface area contributed by atoms with E-state index >= 15 is 0 Å². The molecule has 4 nitrogen and oxygen atoms in total. The SMILES string of the molecule is CCC(c1ccccc1)C(CNC)C(=O)N1CC(NC)(c2ccccc2)C1.Cl.Cl. The van der Waals surface area contributed by atoms with E-state index in [4.69, 9.17) is 0 Å². The van der Waals surface area contributed by atoms with Gasteiger partial charge >= 0.3 is 0 Å². The van der Waals surface area contributed by atoms with E-state index in [1.807, 2.05) is 31.1 Å². The Morgan fingerprint density at radius 2 is 1.55 bits per heavy atom. The summed E-state index contributed by atoms with van der Waals surface area (Å²) in [6, 6.07) is 20.9. The van der Waals surface area contributed by atoms with Crippen molar-refractivity contribution in [2.45, 2.75) is 24.8 Å². The minimum absolute atomic E-state index is 0. The Kier molecular flexibility index (Phi) is 10.1. The molecule has 1 fully saturated rings. The maximum Gasteiger partial charge on any atom is 0.227 e. The third-order valence-corrected chi connectivity index (χ3v) is 5.93. The third-order valence-electron chi connectivity index (χ3n) is 5.93. The van der Waals surface area contributed by atoms with Gasteiger partial charge in [-0.05, 0) is 37.6 Å². The number of likely N-dealkylation sites (N-methyl/N-ethyl adjacent to an activating group) is 1. The largest absolute Gasteiger partial charge is 0.338 e. The number of carbonyl (C=O) groups excluding carboxylic acids is 1. The van der Waals surface area contributed by atoms with Gasteiger partial charge in [0.1, 0.15) is 0 Å². The van der Waals surface area contributed by atoms with Gasteiger partial charge in [0.05, 0.1) is 11.5 Å². The average molecular weight is 438 g/mol. The molecule has 1 aliphatic rings. The number of likely N-dealkylation sites (tertiary alicyclic amines) is 1. The van der Waals surface area contributed by atoms with Crippen LogP contribution < -0.4 is 10.6 Å². The monoisotopic (exact) mass is 437 g/mol. The Labute approximate surface area is 187 Å². The second-order valence-electron chi connectivity index (χ2n) is 7.48. The van der Waals surface area contributed by atoms with Crippen molar-refractivity contribution in [2.24, 2.45) is 5.92 Å². The normalized spacial score (nSPS) is 16.6. The number of nitrogens with one attached hydrogen (secondary N) is 2. The minimum Gasteiger partial charge on any atom is -0.338 e. The quantitative estimate of drug-likeness (QED) is 0.659. The first-order valence-electron chi connectivity index (χ1n) is 9.88. The van der Waals surface area contributed by atoms with Crippen LogP contribution in [0.15, 0.2) is 60.7 Å². The van der Waals surface area contributed by atoms with Gasteiger partial charge in [0, 0.05) is 19.6 Å². The Balaban J connectivity index is 0.00000210. The molecule has 160 valence electrons. The maximum absolute atomic E-state index is 13.4. The van der Waals surface area contributed by atoms with Crippen LogP contribution in [0.3, 0.4) is 0 Å². The van der Waals surface area contributed by atoms with Crippen molar-refractivity contribution in [3.05, 3.63) is 71.8 Å². The van der Waals surface area contributed by atoms with Crippen molar-refractivity contribution in [3.8, 4) is 0 Å². The summed E-state index contributed by atoms with van der Waals surface area (Å²) < 4.78 is 0. The standard InChI is InChI=1S/C23H31N3O.2ClH/c1-4-20(18-11-7-5-8-12-18)21(15-24-2)22(27)26-16-23(17-26,25-3)19-13-9-6-10-14-19;;/h5-14,20-21,24-25H,4,15-17H2,1-3H3;2*1H. The Bertz CT molecular complexity index is 736. The molecule has 1 amide bonds. The van der Waals surface area contributed by atoms with Crippen molar-refractivity contribution < 1.29 is 4.79 Å². The summed E-state index contributed by atoms with van der Waals surface area (Å²) in [4.78, 5) is 15.4. The molecule has 0 aliphatic carbocycles. The van der Waals surface area contributed by atoms with Crippen molar-refractivity contribution >= 4 is 30.7 Å². The number of rotatable bonds is 8. The van der Waals surface area contributed by atoms with E-state index in [2.05, 4.69) is 66.1 Å². The molecule has 1 saturated heterocycles. The van der Waals surface area contributed by atoms with Crippen LogP contribution >= 0.6 is 24.8 Å². The van der Waals surface area contributed by atoms with Gasteiger partial charge in [-0.25, -0.2) is 0 Å². The Hall–Kier alpha value is -1.59. The number of carbonyl (C=O) groups is 1. The predicted molar refractivity (Wildman–Crippen MR) is 125 cm³/mol. The minimum atomic E-state index is -0.129. The molecule has 0 spiro atoms. The molecule has 2 unspecified atom stereocenters. The van der Waals surface area contributed by atoms with Gasteiger partial charge < -0.3 is 15.5 Å². The molecule has 0 aromatic heterocycles. The van der Waals surface area contributed by atoms with E-state index in [-0.39, 0.29) is 48.1 Å². The first kappa shape index (κ1) is 25.4. The predicted octanol–water partition coefficient (Wildman–Crippen LogP) is 3.82. The molecule has 1 aliphatic heterocycles. The average Bonchev–Trinajstić information content (AvgIpc) is 2.69. The molecule has 2 aromatic rings. The van der Waals surface area contributed by atoms with Gasteiger partial charge in [-0.2, -0.15) is 0 Å². The van der Waals surface area contributed by atoms with Crippen molar-refractivity contribution in [2.75, 3.05) is 33.7 Å². The van der Waals surface area contributed by atoms with E-state index in [9.17, 15) is 4.79 Å². The lowest BCUT2D eigenvalue weighted by molar-refractivity contribution is -0.145. The van der Waals surface area contributed by atoms with E-state index in [1.54, 1.807) is 0 Å². The molecule has 6 heteroatoms. The van der Waals surface area contributed by atoms with Crippen LogP contribution in [0.4, 0.5) is 0 Å². The summed E-state index contributed by atoms with van der Waals surface area (Å²) in [7, 11) is 3.91. The second kappa shape index (κ2) is 11.6. The highest BCUT2D eigenvalue weighted by Gasteiger charge is 2.47. The molecule has 0 saturated carbocycles. The highest BCUT2D eigenvalue weighted by atomic mass is 35.5. The number of benzene rings is 2. The number of amides is 1. The summed E-state index contributed by atoms with van der Waals surface area (Å²) in [5.74, 6) is 0.433. The fourth-order valence-corrected chi connectivity index (χ4v) is 4.31. The van der Waals surface area contributed by atoms with Crippen LogP contribution in [0.25, 0.3) is 0 Å². The van der Waals surface area contributed by atoms with Crippen molar-refractivity contribution in [1.29, 1.82) is 0 Å². The van der Waals surface area contributed by atoms with E-state index < -0.39 is 0 Å². The van der Waals surface area contributed by atoms with Gasteiger partial charge in [0.15, 0.2) is 0 Å². The van der Waals surface area contributed by atoms with Gasteiger partial charge in [-0.15, -0.1) is 24.8 Å². The summed E-state index contributed by atoms with van der Waals surface area (Å²) in [6.07, 6.45) is 0.950. The smallest absolute Gasteiger partial charge is 0.227 e. The number of hydrogen-bond acceptors (Lipinski definition) is 3. The zero-order valence-corrected chi connectivity index (χ0v) is 19.1. The highest BCUT2D eigenvalue weighted by molar-refractivity contribution is 5.85. The van der Waals surface area contributed by atoms with Crippen LogP contribution in [-0.2, 0) is 10.3 Å². The van der Waals surface area contributed by atoms with Gasteiger partial charge in [-0.3, -0.25) is 4.79 Å². The molecule has 1 heterocycles. The Morgan fingerprint density at radius 3 is 2.03 bits per heavy atom. The molecule has 2 atom stereocenters. The van der Waals surface area contributed by atoms with E-state index in [1.165, 1.54) is 11.1 Å². The number of halogens is 2. The zero-order chi connectivity index (χ0) is 19.3. The van der Waals surface area contributed by atoms with Crippen molar-refractivity contribution in [1.82, 2.24) is 15.5 Å². The Morgan fingerprint density at radius 1 is 1.00 bits per heavy atom. The van der Waals surface area contributed by atoms with Crippen LogP contribution in [0, 0.1) is 5.92 Å². The molecular formula is C23H33Cl2N3O. The third kappa shape index (κ3) is 5.32. The maximum atomic E-state index is 13.4. The summed E-state index contributed by atoms with van der Waals surface area (Å²) in [5, 5.41) is 6.69. The lowest BCUT2D eigenvalue weighted by atomic mass is 9.78. The van der Waals surface area contributed by atoms with Gasteiger partial charge in [0.2, 0.25) is 5.91 Å². The van der Waals surface area contributed by atoms with E-state index in [0.29, 0.717) is 6.54 Å². The molecule has 0 radical (unpaired) electrons. The molecule has 29 heavy (non-hydrogen) atoms. The fraction of sp³-hybridized carbons (Fsp3) is 0.435. The van der Waals surface area contributed by atoms with Gasteiger partial charge in [-0.1, -0.05) is 67.6 Å². The van der Waals surface area contributed by atoms with Crippen molar-refractivity contribution in [3.63, 3.8) is 0 Å². The first-order valence-corrected chi connectivity index (χ1v) is 9.88. The zero-order valence-electron chi connectivity index (χ0n) is 17.4. The summed E-state index contributed by atoms with van der Waals surface area (Å²) in [6.45, 7) is 4.31. The topological polar surface area (TPSA) is 44.4 Å². The lowest BCUT2D eigenvalue weighted by Crippen LogP contribution is -2.68. The molecule has 2 aromatic carbocycles. The summed E-state index contributed by atoms with van der Waals surface area (Å²) >= 11 is 0. The fourth-order valence-electron chi connectivity index (χ4n) is 4.31. The van der Waals surface area contributed by atoms with E-state index in [0.717, 1.165) is 19.5 Å². The molecule has 2 N–H and O–H groups in total. The van der Waals surface area contributed by atoms with Crippen LogP contribution in [0.2, 0.25) is 0 Å². The lowest BCUT2D eigenvalue weighted by Gasteiger charge is -2.51. The molecule has 0 bridgehead atoms. The van der Waals surface area contributed by atoms with Crippen LogP contribution in [0.1, 0.15) is 30.4 Å². The molecular weight excluding hydrogens is 405 g/mol. The van der Waals surface area contributed by atoms with Gasteiger partial charge in [0.25, 0.3) is 0 Å². The van der Waals surface area contributed by atoms with Crippen LogP contribution in [-0.4, -0.2) is 44.5 Å². The molecule has 3 rings (SSSR count). The second-order valence-corrected chi connectivity index (χ2v) is 7.48. The van der Waals surface area contributed by atoms with Crippen LogP contribution in [0.5, 0.6) is 0 Å². The number of hydrogen-bond donors (Lipinski definition) is 2. The highest BCUT2D eigenvalue weighted by Crippen LogP contribution is 2.36. The first-order chi connectivity index (χ1) is 13.1. The summed E-state index contributed by atoms with van der Waals surface area (Å²) in [5.41, 5.74) is 2.36. The number of nitrogens with zero attached hydrogens (tertiary/aromatic N) is 1.